The summed E-state index contributed by atoms with van der Waals surface area (Å²) in [7, 11) is 1.66. The van der Waals surface area contributed by atoms with Crippen LogP contribution in [0.2, 0.25) is 0 Å². The molecule has 0 unspecified atom stereocenters. The Balaban J connectivity index is 1.45. The second-order valence-electron chi connectivity index (χ2n) is 6.07. The third kappa shape index (κ3) is 5.06. The molecule has 2 atom stereocenters. The van der Waals surface area contributed by atoms with Crippen molar-refractivity contribution in [3.8, 4) is 5.75 Å². The van der Waals surface area contributed by atoms with Crippen LogP contribution in [0, 0.1) is 6.92 Å². The molecular formula is C20H24O4. The first-order chi connectivity index (χ1) is 11.7. The topological polar surface area (TPSA) is 40.2 Å². The molecule has 1 aliphatic rings. The molecule has 1 aliphatic heterocycles. The summed E-state index contributed by atoms with van der Waals surface area (Å²) in [6.07, 6.45) is 0.134. The SMILES string of the molecule is COc1ccc(COC[C@H](OCc2cccc(C)c2)[C@H]2CO2)cc1. The number of aryl methyl sites for hydroxylation is 1. The van der Waals surface area contributed by atoms with Gasteiger partial charge in [-0.2, -0.15) is 0 Å². The molecule has 24 heavy (non-hydrogen) atoms. The second kappa shape index (κ2) is 8.29. The Bertz CT molecular complexity index is 634. The third-order valence-corrected chi connectivity index (χ3v) is 4.03. The fourth-order valence-corrected chi connectivity index (χ4v) is 2.55. The van der Waals surface area contributed by atoms with Crippen LogP contribution in [-0.4, -0.2) is 32.5 Å². The van der Waals surface area contributed by atoms with Gasteiger partial charge in [0.25, 0.3) is 0 Å². The molecule has 4 heteroatoms. The van der Waals surface area contributed by atoms with E-state index in [1.807, 2.05) is 24.3 Å². The Morgan fingerprint density at radius 2 is 1.88 bits per heavy atom. The van der Waals surface area contributed by atoms with Crippen LogP contribution < -0.4 is 4.74 Å². The van der Waals surface area contributed by atoms with Gasteiger partial charge in [0.15, 0.2) is 0 Å². The van der Waals surface area contributed by atoms with Crippen LogP contribution in [0.1, 0.15) is 16.7 Å². The lowest BCUT2D eigenvalue weighted by Crippen LogP contribution is -2.26. The molecule has 1 saturated heterocycles. The number of hydrogen-bond donors (Lipinski definition) is 0. The molecule has 0 saturated carbocycles. The van der Waals surface area contributed by atoms with Gasteiger partial charge < -0.3 is 18.9 Å². The lowest BCUT2D eigenvalue weighted by Gasteiger charge is -2.16. The summed E-state index contributed by atoms with van der Waals surface area (Å²) in [6, 6.07) is 16.3. The Morgan fingerprint density at radius 1 is 1.08 bits per heavy atom. The predicted molar refractivity (Wildman–Crippen MR) is 92.1 cm³/mol. The van der Waals surface area contributed by atoms with E-state index in [9.17, 15) is 0 Å². The van der Waals surface area contributed by atoms with E-state index in [0.29, 0.717) is 19.8 Å². The summed E-state index contributed by atoms with van der Waals surface area (Å²) in [5.74, 6) is 0.851. The molecule has 128 valence electrons. The van der Waals surface area contributed by atoms with Crippen molar-refractivity contribution in [2.24, 2.45) is 0 Å². The van der Waals surface area contributed by atoms with Gasteiger partial charge in [-0.15, -0.1) is 0 Å². The minimum atomic E-state index is -0.0243. The molecule has 0 spiro atoms. The molecule has 1 heterocycles. The molecule has 0 amide bonds. The van der Waals surface area contributed by atoms with Gasteiger partial charge in [0.1, 0.15) is 18.0 Å². The first kappa shape index (κ1) is 17.0. The van der Waals surface area contributed by atoms with Crippen molar-refractivity contribution in [2.45, 2.75) is 32.3 Å². The fourth-order valence-electron chi connectivity index (χ4n) is 2.55. The highest BCUT2D eigenvalue weighted by molar-refractivity contribution is 5.26. The predicted octanol–water partition coefficient (Wildman–Crippen LogP) is 3.50. The van der Waals surface area contributed by atoms with Crippen LogP contribution in [0.3, 0.4) is 0 Å². The number of benzene rings is 2. The third-order valence-electron chi connectivity index (χ3n) is 4.03. The second-order valence-corrected chi connectivity index (χ2v) is 6.07. The molecule has 0 radical (unpaired) electrons. The molecule has 2 aromatic carbocycles. The number of methoxy groups -OCH3 is 1. The lowest BCUT2D eigenvalue weighted by molar-refractivity contribution is -0.0417. The van der Waals surface area contributed by atoms with Crippen LogP contribution in [0.5, 0.6) is 5.75 Å². The molecule has 1 fully saturated rings. The Kier molecular flexibility index (Phi) is 5.86. The first-order valence-corrected chi connectivity index (χ1v) is 8.24. The summed E-state index contributed by atoms with van der Waals surface area (Å²) in [4.78, 5) is 0. The zero-order chi connectivity index (χ0) is 16.8. The van der Waals surface area contributed by atoms with Crippen LogP contribution in [0.25, 0.3) is 0 Å². The van der Waals surface area contributed by atoms with E-state index in [1.165, 1.54) is 11.1 Å². The van der Waals surface area contributed by atoms with Crippen molar-refractivity contribution in [1.82, 2.24) is 0 Å². The summed E-state index contributed by atoms with van der Waals surface area (Å²) in [5, 5.41) is 0. The van der Waals surface area contributed by atoms with Crippen molar-refractivity contribution >= 4 is 0 Å². The van der Waals surface area contributed by atoms with Crippen molar-refractivity contribution in [3.63, 3.8) is 0 Å². The normalized spacial score (nSPS) is 17.5. The van der Waals surface area contributed by atoms with E-state index in [-0.39, 0.29) is 12.2 Å². The van der Waals surface area contributed by atoms with Crippen LogP contribution in [-0.2, 0) is 27.4 Å². The van der Waals surface area contributed by atoms with Crippen molar-refractivity contribution in [1.29, 1.82) is 0 Å². The Labute approximate surface area is 143 Å². The monoisotopic (exact) mass is 328 g/mol. The zero-order valence-corrected chi connectivity index (χ0v) is 14.2. The number of epoxide rings is 1. The summed E-state index contributed by atoms with van der Waals surface area (Å²) in [5.41, 5.74) is 3.53. The number of ether oxygens (including phenoxy) is 4. The van der Waals surface area contributed by atoms with Gasteiger partial charge in [-0.3, -0.25) is 0 Å². The molecule has 3 rings (SSSR count). The van der Waals surface area contributed by atoms with E-state index in [4.69, 9.17) is 18.9 Å². The zero-order valence-electron chi connectivity index (χ0n) is 14.2. The van der Waals surface area contributed by atoms with Crippen molar-refractivity contribution in [3.05, 3.63) is 65.2 Å². The quantitative estimate of drug-likeness (QED) is 0.661. The number of rotatable bonds is 9. The highest BCUT2D eigenvalue weighted by atomic mass is 16.6. The van der Waals surface area contributed by atoms with Gasteiger partial charge in [0.2, 0.25) is 0 Å². The van der Waals surface area contributed by atoms with Gasteiger partial charge in [0.05, 0.1) is 33.5 Å². The maximum Gasteiger partial charge on any atom is 0.118 e. The summed E-state index contributed by atoms with van der Waals surface area (Å²) < 4.78 is 22.4. The molecule has 2 aromatic rings. The molecule has 0 aromatic heterocycles. The van der Waals surface area contributed by atoms with Crippen LogP contribution in [0.4, 0.5) is 0 Å². The van der Waals surface area contributed by atoms with Crippen LogP contribution >= 0.6 is 0 Å². The maximum absolute atomic E-state index is 6.01. The average molecular weight is 328 g/mol. The van der Waals surface area contributed by atoms with Crippen molar-refractivity contribution < 1.29 is 18.9 Å². The standard InChI is InChI=1S/C20H24O4/c1-15-4-3-5-17(10-15)12-23-19(20-14-24-20)13-22-11-16-6-8-18(21-2)9-7-16/h3-10,19-20H,11-14H2,1-2H3/t19-,20+/m0/s1. The highest BCUT2D eigenvalue weighted by Gasteiger charge is 2.33. The van der Waals surface area contributed by atoms with E-state index < -0.39 is 0 Å². The highest BCUT2D eigenvalue weighted by Crippen LogP contribution is 2.20. The van der Waals surface area contributed by atoms with Gasteiger partial charge >= 0.3 is 0 Å². The molecule has 0 aliphatic carbocycles. The largest absolute Gasteiger partial charge is 0.497 e. The minimum Gasteiger partial charge on any atom is -0.497 e. The molecule has 0 N–H and O–H groups in total. The van der Waals surface area contributed by atoms with Gasteiger partial charge in [0, 0.05) is 0 Å². The van der Waals surface area contributed by atoms with Crippen molar-refractivity contribution in [2.75, 3.05) is 20.3 Å². The summed E-state index contributed by atoms with van der Waals surface area (Å²) >= 11 is 0. The van der Waals surface area contributed by atoms with Gasteiger partial charge in [-0.25, -0.2) is 0 Å². The van der Waals surface area contributed by atoms with Gasteiger partial charge in [-0.05, 0) is 30.2 Å². The number of hydrogen-bond acceptors (Lipinski definition) is 4. The fraction of sp³-hybridized carbons (Fsp3) is 0.400. The van der Waals surface area contributed by atoms with Crippen LogP contribution in [0.15, 0.2) is 48.5 Å². The smallest absolute Gasteiger partial charge is 0.118 e. The minimum absolute atomic E-state index is 0.0243. The van der Waals surface area contributed by atoms with Gasteiger partial charge in [-0.1, -0.05) is 42.0 Å². The maximum atomic E-state index is 6.01. The molecular weight excluding hydrogens is 304 g/mol. The Morgan fingerprint density at radius 3 is 2.54 bits per heavy atom. The average Bonchev–Trinajstić information content (AvgIpc) is 3.43. The van der Waals surface area contributed by atoms with E-state index in [2.05, 4.69) is 31.2 Å². The Hall–Kier alpha value is -1.88. The molecule has 4 nitrogen and oxygen atoms in total. The van der Waals surface area contributed by atoms with E-state index in [1.54, 1.807) is 7.11 Å². The lowest BCUT2D eigenvalue weighted by atomic mass is 10.1. The molecule has 0 bridgehead atoms. The van der Waals surface area contributed by atoms with E-state index in [0.717, 1.165) is 17.9 Å². The first-order valence-electron chi connectivity index (χ1n) is 8.24. The van der Waals surface area contributed by atoms with E-state index >= 15 is 0 Å². The summed E-state index contributed by atoms with van der Waals surface area (Å²) in [6.45, 7) is 4.51.